The Kier molecular flexibility index (Phi) is 9.18. The van der Waals surface area contributed by atoms with Crippen LogP contribution in [-0.4, -0.2) is 48.2 Å². The fraction of sp³-hybridized carbons (Fsp3) is 0.438. The van der Waals surface area contributed by atoms with E-state index < -0.39 is 13.3 Å². The Balaban J connectivity index is 1.88. The predicted octanol–water partition coefficient (Wildman–Crippen LogP) is 3.67. The summed E-state index contributed by atoms with van der Waals surface area (Å²) in [5.41, 5.74) is 2.53. The Morgan fingerprint density at radius 1 is 1.34 bits per heavy atom. The van der Waals surface area contributed by atoms with Gasteiger partial charge in [0.15, 0.2) is 11.5 Å². The Morgan fingerprint density at radius 3 is 2.79 bits per heavy atom. The highest BCUT2D eigenvalue weighted by Crippen LogP contribution is 2.35. The number of nitrogens with one attached hydrogen (secondary N) is 3. The van der Waals surface area contributed by atoms with Crippen LogP contribution in [0.4, 0.5) is 15.9 Å². The number of halogens is 2. The minimum atomic E-state index is -2.69. The molecule has 1 aromatic carbocycles. The van der Waals surface area contributed by atoms with Crippen LogP contribution in [-0.2, 0) is 9.09 Å². The van der Waals surface area contributed by atoms with Gasteiger partial charge < -0.3 is 9.84 Å². The molecule has 1 aromatic heterocycles. The summed E-state index contributed by atoms with van der Waals surface area (Å²) in [4.78, 5) is 4.19. The monoisotopic (exact) mass is 492 g/mol. The molecule has 2 aromatic rings. The molecule has 4 N–H and O–H groups in total. The zero-order valence-electron chi connectivity index (χ0n) is 16.0. The standard InChI is InChI=1S/C16H23BrFN6O4P/c1-27-29(2,26)20-9-5-3-4-8-19-15-14(23-28-24-15)16(22-25)21-11-6-7-13(18)12(17)10-11/h6-7,10,25H,3-5,8-9H2,1-2H3,(H,19,24)(H,20,26)(H,21,22). The maximum absolute atomic E-state index is 13.4. The Hall–Kier alpha value is -1.85. The van der Waals surface area contributed by atoms with E-state index in [2.05, 4.69) is 41.6 Å². The van der Waals surface area contributed by atoms with Crippen molar-refractivity contribution in [1.29, 1.82) is 0 Å². The van der Waals surface area contributed by atoms with Crippen molar-refractivity contribution in [2.45, 2.75) is 19.3 Å². The molecule has 0 saturated heterocycles. The first-order valence-corrected chi connectivity index (χ1v) is 11.6. The van der Waals surface area contributed by atoms with E-state index >= 15 is 0 Å². The second kappa shape index (κ2) is 11.4. The highest BCUT2D eigenvalue weighted by molar-refractivity contribution is 9.10. The molecule has 0 fully saturated rings. The number of hydrogen-bond donors (Lipinski definition) is 4. The smallest absolute Gasteiger partial charge is 0.266 e. The molecule has 0 spiro atoms. The van der Waals surface area contributed by atoms with Gasteiger partial charge in [0.05, 0.1) is 10.2 Å². The first-order valence-electron chi connectivity index (χ1n) is 8.75. The normalized spacial score (nSPS) is 13.9. The van der Waals surface area contributed by atoms with E-state index in [-0.39, 0.29) is 16.0 Å². The molecule has 1 unspecified atom stereocenters. The molecule has 0 saturated carbocycles. The van der Waals surface area contributed by atoms with Gasteiger partial charge >= 0.3 is 0 Å². The zero-order chi connectivity index (χ0) is 21.3. The fourth-order valence-corrected chi connectivity index (χ4v) is 3.31. The van der Waals surface area contributed by atoms with Crippen molar-refractivity contribution in [2.75, 3.05) is 32.2 Å². The lowest BCUT2D eigenvalue weighted by Crippen LogP contribution is -2.22. The van der Waals surface area contributed by atoms with Crippen molar-refractivity contribution in [1.82, 2.24) is 20.9 Å². The lowest BCUT2D eigenvalue weighted by molar-refractivity contribution is 0.234. The Labute approximate surface area is 175 Å². The van der Waals surface area contributed by atoms with Crippen molar-refractivity contribution in [2.24, 2.45) is 4.99 Å². The van der Waals surface area contributed by atoms with E-state index in [0.717, 1.165) is 19.3 Å². The van der Waals surface area contributed by atoms with Crippen LogP contribution >= 0.6 is 23.4 Å². The molecule has 1 heterocycles. The third-order valence-electron chi connectivity index (χ3n) is 3.86. The summed E-state index contributed by atoms with van der Waals surface area (Å²) < 4.78 is 34.9. The van der Waals surface area contributed by atoms with Crippen molar-refractivity contribution < 1.29 is 23.3 Å². The van der Waals surface area contributed by atoms with E-state index in [1.807, 2.05) is 5.48 Å². The summed E-state index contributed by atoms with van der Waals surface area (Å²) in [5, 5.41) is 22.9. The van der Waals surface area contributed by atoms with Crippen LogP contribution in [0, 0.1) is 5.82 Å². The number of unbranched alkanes of at least 4 members (excludes halogenated alkanes) is 2. The van der Waals surface area contributed by atoms with Gasteiger partial charge in [-0.25, -0.2) is 19.1 Å². The van der Waals surface area contributed by atoms with Crippen LogP contribution in [0.1, 0.15) is 25.0 Å². The molecule has 13 heteroatoms. The van der Waals surface area contributed by atoms with Gasteiger partial charge in [-0.2, -0.15) is 0 Å². The topological polar surface area (TPSA) is 134 Å². The minimum absolute atomic E-state index is 0.00489. The van der Waals surface area contributed by atoms with Crippen LogP contribution in [0.3, 0.4) is 0 Å². The van der Waals surface area contributed by atoms with Gasteiger partial charge in [0.1, 0.15) is 5.82 Å². The maximum Gasteiger partial charge on any atom is 0.266 e. The number of hydrogen-bond acceptors (Lipinski definition) is 8. The average molecular weight is 493 g/mol. The van der Waals surface area contributed by atoms with Crippen LogP contribution in [0.2, 0.25) is 0 Å². The highest BCUT2D eigenvalue weighted by atomic mass is 79.9. The number of benzene rings is 1. The van der Waals surface area contributed by atoms with Crippen molar-refractivity contribution >= 4 is 40.8 Å². The van der Waals surface area contributed by atoms with Gasteiger partial charge in [-0.05, 0) is 57.3 Å². The van der Waals surface area contributed by atoms with E-state index in [4.69, 9.17) is 9.15 Å². The summed E-state index contributed by atoms with van der Waals surface area (Å²) in [6.07, 6.45) is 2.53. The van der Waals surface area contributed by atoms with E-state index in [1.165, 1.54) is 32.0 Å². The largest absolute Gasteiger partial charge is 0.365 e. The lowest BCUT2D eigenvalue weighted by atomic mass is 10.2. The van der Waals surface area contributed by atoms with Crippen LogP contribution in [0.5, 0.6) is 0 Å². The molecule has 1 atom stereocenters. The van der Waals surface area contributed by atoms with Gasteiger partial charge in [-0.1, -0.05) is 6.42 Å². The van der Waals surface area contributed by atoms with Crippen LogP contribution < -0.4 is 15.9 Å². The molecule has 10 nitrogen and oxygen atoms in total. The predicted molar refractivity (Wildman–Crippen MR) is 110 cm³/mol. The fourth-order valence-electron chi connectivity index (χ4n) is 2.25. The van der Waals surface area contributed by atoms with Gasteiger partial charge in [0.25, 0.3) is 7.52 Å². The van der Waals surface area contributed by atoms with E-state index in [0.29, 0.717) is 24.6 Å². The van der Waals surface area contributed by atoms with Crippen molar-refractivity contribution in [3.8, 4) is 0 Å². The second-order valence-corrected chi connectivity index (χ2v) is 9.28. The number of aliphatic imine (C=N–C) groups is 1. The minimum Gasteiger partial charge on any atom is -0.365 e. The molecule has 160 valence electrons. The van der Waals surface area contributed by atoms with Gasteiger partial charge in [0.2, 0.25) is 5.82 Å². The second-order valence-electron chi connectivity index (χ2n) is 6.06. The molecule has 0 aliphatic rings. The highest BCUT2D eigenvalue weighted by Gasteiger charge is 2.16. The number of hydroxylamine groups is 1. The Morgan fingerprint density at radius 2 is 2.10 bits per heavy atom. The lowest BCUT2D eigenvalue weighted by Gasteiger charge is -2.11. The molecule has 0 bridgehead atoms. The Bertz CT molecular complexity index is 881. The van der Waals surface area contributed by atoms with Crippen LogP contribution in [0.15, 0.2) is 32.3 Å². The molecule has 0 radical (unpaired) electrons. The van der Waals surface area contributed by atoms with E-state index in [9.17, 15) is 14.2 Å². The third kappa shape index (κ3) is 7.48. The number of anilines is 1. The first kappa shape index (κ1) is 23.4. The van der Waals surface area contributed by atoms with Gasteiger partial charge in [-0.3, -0.25) is 15.3 Å². The van der Waals surface area contributed by atoms with E-state index in [1.54, 1.807) is 0 Å². The molecular formula is C16H23BrFN6O4P. The third-order valence-corrected chi connectivity index (χ3v) is 5.96. The number of rotatable bonds is 11. The summed E-state index contributed by atoms with van der Waals surface area (Å²) in [7, 11) is -1.28. The molecule has 0 amide bonds. The molecule has 29 heavy (non-hydrogen) atoms. The number of aromatic nitrogens is 2. The quantitative estimate of drug-likeness (QED) is 0.122. The zero-order valence-corrected chi connectivity index (χ0v) is 18.5. The summed E-state index contributed by atoms with van der Waals surface area (Å²) in [5.74, 6) is -0.121. The summed E-state index contributed by atoms with van der Waals surface area (Å²) >= 11 is 3.08. The summed E-state index contributed by atoms with van der Waals surface area (Å²) in [6.45, 7) is 2.71. The molecule has 2 rings (SSSR count). The van der Waals surface area contributed by atoms with Crippen molar-refractivity contribution in [3.63, 3.8) is 0 Å². The maximum atomic E-state index is 13.4. The first-order chi connectivity index (χ1) is 13.9. The van der Waals surface area contributed by atoms with Gasteiger partial charge in [-0.15, -0.1) is 0 Å². The summed E-state index contributed by atoms with van der Waals surface area (Å²) in [6, 6.07) is 4.15. The number of nitrogens with zero attached hydrogens (tertiary/aromatic N) is 3. The SMILES string of the molecule is COP(C)(=O)NCCCCCNc1nonc1C(=Nc1ccc(F)c(Br)c1)NO. The van der Waals surface area contributed by atoms with Crippen LogP contribution in [0.25, 0.3) is 0 Å². The van der Waals surface area contributed by atoms with Crippen molar-refractivity contribution in [3.05, 3.63) is 34.2 Å². The molecule has 0 aliphatic heterocycles. The molecule has 0 aliphatic carbocycles. The van der Waals surface area contributed by atoms with Gasteiger partial charge in [0, 0.05) is 26.9 Å². The molecular weight excluding hydrogens is 470 g/mol. The average Bonchev–Trinajstić information content (AvgIpc) is 3.16. The number of amidine groups is 1.